The van der Waals surface area contributed by atoms with E-state index in [1.807, 2.05) is 31.2 Å². The van der Waals surface area contributed by atoms with Gasteiger partial charge >= 0.3 is 0 Å². The minimum absolute atomic E-state index is 0.114. The first kappa shape index (κ1) is 23.8. The van der Waals surface area contributed by atoms with Gasteiger partial charge in [0.25, 0.3) is 10.0 Å². The number of nitrogens with one attached hydrogen (secondary N) is 1. The maximum Gasteiger partial charge on any atom is 0.264 e. The summed E-state index contributed by atoms with van der Waals surface area (Å²) < 4.78 is 34.2. The van der Waals surface area contributed by atoms with Crippen LogP contribution in [0.4, 0.5) is 5.69 Å². The van der Waals surface area contributed by atoms with E-state index in [4.69, 9.17) is 4.74 Å². The SMILES string of the molecule is Cc1ccc(OCC(C)NC(=O)CN(c2cccc(Br)c2)S(=O)(=O)c2ccccc2)cc1. The van der Waals surface area contributed by atoms with Crippen LogP contribution in [0.1, 0.15) is 12.5 Å². The number of hydrogen-bond acceptors (Lipinski definition) is 4. The number of ether oxygens (including phenoxy) is 1. The van der Waals surface area contributed by atoms with Crippen molar-refractivity contribution in [2.45, 2.75) is 24.8 Å². The van der Waals surface area contributed by atoms with E-state index in [9.17, 15) is 13.2 Å². The second-order valence-electron chi connectivity index (χ2n) is 7.40. The zero-order chi connectivity index (χ0) is 23.1. The first-order chi connectivity index (χ1) is 15.3. The summed E-state index contributed by atoms with van der Waals surface area (Å²) in [6.45, 7) is 3.70. The number of rotatable bonds is 9. The lowest BCUT2D eigenvalue weighted by molar-refractivity contribution is -0.120. The van der Waals surface area contributed by atoms with Gasteiger partial charge in [0.1, 0.15) is 18.9 Å². The molecule has 0 aliphatic rings. The molecule has 3 aromatic carbocycles. The number of carbonyl (C=O) groups is 1. The normalized spacial score (nSPS) is 12.1. The molecule has 6 nitrogen and oxygen atoms in total. The fourth-order valence-corrected chi connectivity index (χ4v) is 4.84. The number of aryl methyl sites for hydroxylation is 1. The van der Waals surface area contributed by atoms with Crippen LogP contribution >= 0.6 is 15.9 Å². The number of amides is 1. The van der Waals surface area contributed by atoms with E-state index < -0.39 is 15.9 Å². The maximum atomic E-state index is 13.3. The zero-order valence-electron chi connectivity index (χ0n) is 17.9. The van der Waals surface area contributed by atoms with Crippen LogP contribution in [0, 0.1) is 6.92 Å². The molecule has 0 aliphatic heterocycles. The highest BCUT2D eigenvalue weighted by molar-refractivity contribution is 9.10. The molecule has 168 valence electrons. The van der Waals surface area contributed by atoms with Gasteiger partial charge in [-0.1, -0.05) is 57.9 Å². The second-order valence-corrected chi connectivity index (χ2v) is 10.2. The molecule has 0 radical (unpaired) electrons. The van der Waals surface area contributed by atoms with Crippen LogP contribution in [-0.2, 0) is 14.8 Å². The van der Waals surface area contributed by atoms with E-state index in [1.54, 1.807) is 49.4 Å². The van der Waals surface area contributed by atoms with Gasteiger partial charge in [0.05, 0.1) is 16.6 Å². The number of anilines is 1. The summed E-state index contributed by atoms with van der Waals surface area (Å²) in [6.07, 6.45) is 0. The van der Waals surface area contributed by atoms with Crippen molar-refractivity contribution in [2.24, 2.45) is 0 Å². The van der Waals surface area contributed by atoms with Crippen molar-refractivity contribution in [3.8, 4) is 5.75 Å². The number of carbonyl (C=O) groups excluding carboxylic acids is 1. The Morgan fingerprint density at radius 3 is 2.38 bits per heavy atom. The maximum absolute atomic E-state index is 13.3. The molecular weight excluding hydrogens is 492 g/mol. The predicted molar refractivity (Wildman–Crippen MR) is 129 cm³/mol. The van der Waals surface area contributed by atoms with Crippen molar-refractivity contribution in [1.82, 2.24) is 5.32 Å². The topological polar surface area (TPSA) is 75.7 Å². The van der Waals surface area contributed by atoms with Crippen LogP contribution in [0.25, 0.3) is 0 Å². The van der Waals surface area contributed by atoms with Crippen LogP contribution < -0.4 is 14.4 Å². The van der Waals surface area contributed by atoms with Crippen molar-refractivity contribution in [3.05, 3.63) is 88.9 Å². The molecule has 1 amide bonds. The highest BCUT2D eigenvalue weighted by Gasteiger charge is 2.27. The number of benzene rings is 3. The lowest BCUT2D eigenvalue weighted by Crippen LogP contribution is -2.45. The summed E-state index contributed by atoms with van der Waals surface area (Å²) in [6, 6.07) is 22.2. The quantitative estimate of drug-likeness (QED) is 0.453. The van der Waals surface area contributed by atoms with Gasteiger partial charge in [-0.25, -0.2) is 8.42 Å². The molecule has 1 atom stereocenters. The molecule has 1 N–H and O–H groups in total. The molecule has 0 bridgehead atoms. The molecule has 0 aliphatic carbocycles. The third-order valence-electron chi connectivity index (χ3n) is 4.64. The Kier molecular flexibility index (Phi) is 7.93. The molecule has 32 heavy (non-hydrogen) atoms. The summed E-state index contributed by atoms with van der Waals surface area (Å²) in [5.74, 6) is 0.281. The van der Waals surface area contributed by atoms with Crippen molar-refractivity contribution in [1.29, 1.82) is 0 Å². The summed E-state index contributed by atoms with van der Waals surface area (Å²) >= 11 is 3.37. The Hall–Kier alpha value is -2.84. The third kappa shape index (κ3) is 6.34. The molecule has 3 aromatic rings. The van der Waals surface area contributed by atoms with E-state index in [2.05, 4.69) is 21.2 Å². The molecule has 0 spiro atoms. The minimum atomic E-state index is -3.94. The third-order valence-corrected chi connectivity index (χ3v) is 6.92. The molecule has 1 unspecified atom stereocenters. The van der Waals surface area contributed by atoms with Gasteiger partial charge in [0.15, 0.2) is 0 Å². The fraction of sp³-hybridized carbons (Fsp3) is 0.208. The Bertz CT molecular complexity index is 1150. The van der Waals surface area contributed by atoms with Crippen molar-refractivity contribution in [3.63, 3.8) is 0 Å². The van der Waals surface area contributed by atoms with Crippen LogP contribution in [-0.4, -0.2) is 33.5 Å². The monoisotopic (exact) mass is 516 g/mol. The van der Waals surface area contributed by atoms with E-state index in [-0.39, 0.29) is 24.1 Å². The molecule has 0 aromatic heterocycles. The van der Waals surface area contributed by atoms with E-state index in [0.717, 1.165) is 9.87 Å². The molecule has 0 saturated carbocycles. The summed E-state index contributed by atoms with van der Waals surface area (Å²) in [4.78, 5) is 12.9. The zero-order valence-corrected chi connectivity index (χ0v) is 20.3. The summed E-state index contributed by atoms with van der Waals surface area (Å²) in [7, 11) is -3.94. The number of halogens is 1. The van der Waals surface area contributed by atoms with E-state index in [0.29, 0.717) is 15.9 Å². The lowest BCUT2D eigenvalue weighted by atomic mass is 10.2. The van der Waals surface area contributed by atoms with Gasteiger partial charge in [0, 0.05) is 4.47 Å². The highest BCUT2D eigenvalue weighted by Crippen LogP contribution is 2.26. The van der Waals surface area contributed by atoms with Crippen LogP contribution in [0.3, 0.4) is 0 Å². The first-order valence-corrected chi connectivity index (χ1v) is 12.3. The molecule has 0 saturated heterocycles. The fourth-order valence-electron chi connectivity index (χ4n) is 3.01. The van der Waals surface area contributed by atoms with Crippen molar-refractivity contribution >= 4 is 37.5 Å². The van der Waals surface area contributed by atoms with Crippen LogP contribution in [0.5, 0.6) is 5.75 Å². The summed E-state index contributed by atoms with van der Waals surface area (Å²) in [5, 5.41) is 2.82. The van der Waals surface area contributed by atoms with E-state index in [1.165, 1.54) is 12.1 Å². The average molecular weight is 517 g/mol. The molecule has 0 heterocycles. The average Bonchev–Trinajstić information content (AvgIpc) is 2.77. The number of hydrogen-bond donors (Lipinski definition) is 1. The van der Waals surface area contributed by atoms with Crippen molar-refractivity contribution < 1.29 is 17.9 Å². The largest absolute Gasteiger partial charge is 0.491 e. The smallest absolute Gasteiger partial charge is 0.264 e. The van der Waals surface area contributed by atoms with Crippen LogP contribution in [0.2, 0.25) is 0 Å². The number of nitrogens with zero attached hydrogens (tertiary/aromatic N) is 1. The Labute approximate surface area is 197 Å². The second kappa shape index (κ2) is 10.7. The van der Waals surface area contributed by atoms with Crippen molar-refractivity contribution in [2.75, 3.05) is 17.5 Å². The van der Waals surface area contributed by atoms with Gasteiger partial charge < -0.3 is 10.1 Å². The minimum Gasteiger partial charge on any atom is -0.491 e. The lowest BCUT2D eigenvalue weighted by Gasteiger charge is -2.25. The predicted octanol–water partition coefficient (Wildman–Crippen LogP) is 4.54. The van der Waals surface area contributed by atoms with Gasteiger partial charge in [-0.05, 0) is 56.3 Å². The van der Waals surface area contributed by atoms with Crippen LogP contribution in [0.15, 0.2) is 88.2 Å². The van der Waals surface area contributed by atoms with Gasteiger partial charge in [-0.15, -0.1) is 0 Å². The number of sulfonamides is 1. The molecule has 0 fully saturated rings. The molecule has 3 rings (SSSR count). The molecular formula is C24H25BrN2O4S. The Morgan fingerprint density at radius 2 is 1.72 bits per heavy atom. The van der Waals surface area contributed by atoms with Gasteiger partial charge in [-0.2, -0.15) is 0 Å². The standard InChI is InChI=1S/C24H25BrN2O4S/c1-18-11-13-22(14-12-18)31-17-19(2)26-24(28)16-27(21-8-6-7-20(25)15-21)32(29,30)23-9-4-3-5-10-23/h3-15,19H,16-17H2,1-2H3,(H,26,28). The summed E-state index contributed by atoms with van der Waals surface area (Å²) in [5.41, 5.74) is 1.52. The molecule has 8 heteroatoms. The highest BCUT2D eigenvalue weighted by atomic mass is 79.9. The first-order valence-electron chi connectivity index (χ1n) is 10.1. The Balaban J connectivity index is 1.73. The van der Waals surface area contributed by atoms with Gasteiger partial charge in [-0.3, -0.25) is 9.10 Å². The van der Waals surface area contributed by atoms with Gasteiger partial charge in [0.2, 0.25) is 5.91 Å². The Morgan fingerprint density at radius 1 is 1.03 bits per heavy atom. The van der Waals surface area contributed by atoms with E-state index >= 15 is 0 Å².